The van der Waals surface area contributed by atoms with Crippen LogP contribution in [-0.2, 0) is 73.3 Å². The Balaban J connectivity index is 0.881. The number of ketones is 1. The standard InChI is InChI=1S/C65H95BrN12O15/c1-45-23-25-54(66)74-62(45)75-63(86)52-36-65(4,44-77(52)59(84)40-78-53-39-71-51(48-37-69-47(3)70-38-48)35-49(53)61(76-78)46(2)79)43-72-58(83)42-93-34-32-91-30-28-68-57(82)41-92-33-31-90-29-27-67-55(80)26-24-50(64(87)89-6)73-56(81)21-19-17-15-13-11-9-7-8-10-12-14-16-18-20-22-60(85)88-5/h23,25,35,37-39,50,52H,7-22,24,26-34,36,40-44H2,1-6H3,(H,67,80)(H,68,82)(H,72,83)(H,73,81)(H,74,75,86)/t50-,52-,65+/m0/s1. The average Bonchev–Trinajstić information content (AvgIpc) is 1.65. The molecular weight excluding hydrogens is 1270 g/mol. The van der Waals surface area contributed by atoms with Crippen molar-refractivity contribution in [1.82, 2.24) is 55.9 Å². The van der Waals surface area contributed by atoms with Crippen LogP contribution in [0, 0.1) is 19.3 Å². The second kappa shape index (κ2) is 42.0. The molecule has 3 atom stereocenters. The Morgan fingerprint density at radius 3 is 1.83 bits per heavy atom. The van der Waals surface area contributed by atoms with Crippen LogP contribution in [0.4, 0.5) is 5.82 Å². The lowest BCUT2D eigenvalue weighted by molar-refractivity contribution is -0.145. The number of fused-ring (bicyclic) bond motifs is 1. The summed E-state index contributed by atoms with van der Waals surface area (Å²) < 4.78 is 33.4. The zero-order chi connectivity index (χ0) is 67.4. The summed E-state index contributed by atoms with van der Waals surface area (Å²) in [6, 6.07) is 3.37. The number of methoxy groups -OCH3 is 2. The molecule has 0 unspecified atom stereocenters. The molecule has 4 aromatic heterocycles. The first-order valence-electron chi connectivity index (χ1n) is 32.2. The zero-order valence-electron chi connectivity index (χ0n) is 54.9. The Morgan fingerprint density at radius 1 is 0.667 bits per heavy atom. The predicted molar refractivity (Wildman–Crippen MR) is 348 cm³/mol. The molecule has 5 heterocycles. The number of nitrogens with one attached hydrogen (secondary N) is 5. The van der Waals surface area contributed by atoms with Gasteiger partial charge in [-0.25, -0.2) is 19.7 Å². The van der Waals surface area contributed by atoms with Gasteiger partial charge < -0.3 is 59.9 Å². The number of nitrogens with zero attached hydrogens (tertiary/aromatic N) is 7. The number of hydrogen-bond donors (Lipinski definition) is 5. The molecule has 1 saturated heterocycles. The lowest BCUT2D eigenvalue weighted by Gasteiger charge is -2.25. The molecule has 0 aromatic carbocycles. The highest BCUT2D eigenvalue weighted by Crippen LogP contribution is 2.36. The number of esters is 2. The van der Waals surface area contributed by atoms with Crippen molar-refractivity contribution >= 4 is 85.8 Å². The molecule has 27 nitrogen and oxygen atoms in total. The molecule has 28 heteroatoms. The molecule has 6 amide bonds. The van der Waals surface area contributed by atoms with E-state index in [0.29, 0.717) is 56.8 Å². The van der Waals surface area contributed by atoms with E-state index < -0.39 is 41.2 Å². The monoisotopic (exact) mass is 1360 g/mol. The van der Waals surface area contributed by atoms with E-state index in [1.165, 1.54) is 88.3 Å². The number of anilines is 1. The third-order valence-corrected chi connectivity index (χ3v) is 16.1. The highest BCUT2D eigenvalue weighted by atomic mass is 79.9. The van der Waals surface area contributed by atoms with E-state index in [9.17, 15) is 43.2 Å². The minimum absolute atomic E-state index is 0.00297. The number of pyridine rings is 2. The summed E-state index contributed by atoms with van der Waals surface area (Å²) in [6.07, 6.45) is 21.4. The van der Waals surface area contributed by atoms with Crippen LogP contribution in [0.2, 0.25) is 0 Å². The first kappa shape index (κ1) is 76.3. The summed E-state index contributed by atoms with van der Waals surface area (Å²) in [6.45, 7) is 7.58. The highest BCUT2D eigenvalue weighted by molar-refractivity contribution is 9.10. The summed E-state index contributed by atoms with van der Waals surface area (Å²) in [7, 11) is 2.67. The van der Waals surface area contributed by atoms with Gasteiger partial charge in [-0.15, -0.1) is 0 Å². The van der Waals surface area contributed by atoms with Gasteiger partial charge in [0.15, 0.2) is 5.78 Å². The largest absolute Gasteiger partial charge is 0.469 e. The van der Waals surface area contributed by atoms with Crippen molar-refractivity contribution in [3.8, 4) is 11.3 Å². The maximum absolute atomic E-state index is 14.4. The number of unbranched alkanes of at least 4 members (excludes halogenated alkanes) is 13. The molecule has 0 spiro atoms. The van der Waals surface area contributed by atoms with Gasteiger partial charge >= 0.3 is 11.9 Å². The highest BCUT2D eigenvalue weighted by Gasteiger charge is 2.46. The van der Waals surface area contributed by atoms with Crippen molar-refractivity contribution in [1.29, 1.82) is 0 Å². The Hall–Kier alpha value is -7.40. The number of likely N-dealkylation sites (tertiary alicyclic amines) is 1. The van der Waals surface area contributed by atoms with E-state index in [1.807, 2.05) is 6.92 Å². The van der Waals surface area contributed by atoms with E-state index in [2.05, 4.69) is 72.3 Å². The van der Waals surface area contributed by atoms with Gasteiger partial charge in [0.2, 0.25) is 35.4 Å². The Kier molecular flexibility index (Phi) is 34.5. The van der Waals surface area contributed by atoms with E-state index in [4.69, 9.17) is 23.7 Å². The lowest BCUT2D eigenvalue weighted by atomic mass is 9.87. The molecule has 93 heavy (non-hydrogen) atoms. The molecule has 0 bridgehead atoms. The number of ether oxygens (including phenoxy) is 6. The lowest BCUT2D eigenvalue weighted by Crippen LogP contribution is -2.45. The van der Waals surface area contributed by atoms with E-state index >= 15 is 0 Å². The van der Waals surface area contributed by atoms with Crippen LogP contribution in [0.5, 0.6) is 0 Å². The van der Waals surface area contributed by atoms with Gasteiger partial charge in [0.05, 0.1) is 71.3 Å². The maximum atomic E-state index is 14.4. The van der Waals surface area contributed by atoms with Gasteiger partial charge in [-0.3, -0.25) is 48.0 Å². The average molecular weight is 1360 g/mol. The number of amides is 6. The fourth-order valence-electron chi connectivity index (χ4n) is 10.5. The van der Waals surface area contributed by atoms with Crippen LogP contribution in [0.3, 0.4) is 0 Å². The van der Waals surface area contributed by atoms with E-state index in [-0.39, 0.29) is 140 Å². The summed E-state index contributed by atoms with van der Waals surface area (Å²) in [5, 5.41) is 18.9. The third-order valence-electron chi connectivity index (χ3n) is 15.7. The van der Waals surface area contributed by atoms with Gasteiger partial charge in [-0.1, -0.05) is 90.0 Å². The van der Waals surface area contributed by atoms with Crippen molar-refractivity contribution < 1.29 is 71.6 Å². The SMILES string of the molecule is COC(=O)CCCCCCCCCCCCCCCCC(=O)N[C@@H](CCC(=O)NCCOCCOCC(=O)NCCOCCOCC(=O)NC[C@@]1(C)C[C@@H](C(=O)Nc2nc(Br)ccc2C)N(C(=O)Cn2nc(C(C)=O)c3cc(-c4cnc(C)nc4)ncc32)C1)C(=O)OC. The number of carbonyl (C=O) groups is 9. The van der Waals surface area contributed by atoms with Crippen molar-refractivity contribution in [3.63, 3.8) is 0 Å². The van der Waals surface area contributed by atoms with Crippen LogP contribution in [0.1, 0.15) is 158 Å². The van der Waals surface area contributed by atoms with Crippen molar-refractivity contribution in [2.75, 3.05) is 98.6 Å². The van der Waals surface area contributed by atoms with Crippen molar-refractivity contribution in [2.24, 2.45) is 5.41 Å². The van der Waals surface area contributed by atoms with Crippen LogP contribution in [0.15, 0.2) is 41.4 Å². The number of halogens is 1. The molecule has 0 saturated carbocycles. The number of aryl methyl sites for hydroxylation is 2. The second-order valence-electron chi connectivity index (χ2n) is 23.5. The molecule has 1 aliphatic rings. The Bertz CT molecular complexity index is 3060. The van der Waals surface area contributed by atoms with Gasteiger partial charge in [0.1, 0.15) is 53.8 Å². The van der Waals surface area contributed by atoms with Crippen LogP contribution >= 0.6 is 15.9 Å². The Morgan fingerprint density at radius 2 is 1.24 bits per heavy atom. The minimum atomic E-state index is -0.961. The third kappa shape index (κ3) is 28.4. The van der Waals surface area contributed by atoms with Crippen molar-refractivity contribution in [2.45, 2.75) is 168 Å². The minimum Gasteiger partial charge on any atom is -0.469 e. The van der Waals surface area contributed by atoms with Crippen LogP contribution in [-0.4, -0.2) is 193 Å². The predicted octanol–water partition coefficient (Wildman–Crippen LogP) is 6.38. The van der Waals surface area contributed by atoms with Gasteiger partial charge in [-0.05, 0) is 73.2 Å². The number of Topliss-reactive ketones (excluding diaryl/α,β-unsaturated/α-hetero) is 1. The van der Waals surface area contributed by atoms with Crippen LogP contribution < -0.4 is 26.6 Å². The number of aromatic nitrogens is 6. The normalized spacial score (nSPS) is 14.7. The van der Waals surface area contributed by atoms with Gasteiger partial charge in [0, 0.05) is 81.1 Å². The quantitative estimate of drug-likeness (QED) is 0.0139. The summed E-state index contributed by atoms with van der Waals surface area (Å²) in [4.78, 5) is 134. The smallest absolute Gasteiger partial charge is 0.328 e. The molecule has 4 aromatic rings. The van der Waals surface area contributed by atoms with E-state index in [0.717, 1.165) is 38.5 Å². The molecule has 0 radical (unpaired) electrons. The molecule has 1 aliphatic heterocycles. The maximum Gasteiger partial charge on any atom is 0.328 e. The Labute approximate surface area is 552 Å². The molecule has 512 valence electrons. The first-order chi connectivity index (χ1) is 44.8. The fraction of sp³-hybridized carbons (Fsp3) is 0.631. The molecule has 0 aliphatic carbocycles. The molecular formula is C65H95BrN12O15. The van der Waals surface area contributed by atoms with Crippen LogP contribution in [0.25, 0.3) is 22.2 Å². The first-order valence-corrected chi connectivity index (χ1v) is 33.0. The second-order valence-corrected chi connectivity index (χ2v) is 24.3. The van der Waals surface area contributed by atoms with E-state index in [1.54, 1.807) is 44.4 Å². The summed E-state index contributed by atoms with van der Waals surface area (Å²) in [5.41, 5.74) is 1.70. The summed E-state index contributed by atoms with van der Waals surface area (Å²) in [5.74, 6) is -2.39. The molecule has 5 N–H and O–H groups in total. The number of rotatable bonds is 46. The number of hydrogen-bond acceptors (Lipinski definition) is 20. The van der Waals surface area contributed by atoms with Crippen molar-refractivity contribution in [3.05, 3.63) is 58.5 Å². The zero-order valence-corrected chi connectivity index (χ0v) is 56.5. The summed E-state index contributed by atoms with van der Waals surface area (Å²) >= 11 is 3.36. The molecule has 1 fully saturated rings. The van der Waals surface area contributed by atoms with Gasteiger partial charge in [0.25, 0.3) is 0 Å². The topological polar surface area (TPSA) is 342 Å². The molecule has 5 rings (SSSR count). The number of carbonyl (C=O) groups excluding carboxylic acids is 9. The fourth-order valence-corrected chi connectivity index (χ4v) is 10.8. The van der Waals surface area contributed by atoms with Gasteiger partial charge in [-0.2, -0.15) is 5.10 Å².